The molecular weight excluding hydrogens is 247 g/mol. The van der Waals surface area contributed by atoms with Crippen molar-refractivity contribution in [2.45, 2.75) is 25.8 Å². The number of benzene rings is 1. The van der Waals surface area contributed by atoms with E-state index in [1.54, 1.807) is 6.07 Å². The standard InChI is InChI=1S/C10H14BrFN2/c1-2-9(14-13)5-7-3-4-8(11)6-10(7)12/h3-4,6,9,14H,2,5,13H2,1H3. The normalized spacial score (nSPS) is 12.9. The van der Waals surface area contributed by atoms with E-state index < -0.39 is 0 Å². The number of nitrogens with one attached hydrogen (secondary N) is 1. The molecule has 0 saturated heterocycles. The average molecular weight is 261 g/mol. The zero-order valence-corrected chi connectivity index (χ0v) is 9.64. The van der Waals surface area contributed by atoms with E-state index in [-0.39, 0.29) is 11.9 Å². The lowest BCUT2D eigenvalue weighted by molar-refractivity contribution is 0.497. The summed E-state index contributed by atoms with van der Waals surface area (Å²) in [6.07, 6.45) is 1.50. The van der Waals surface area contributed by atoms with Crippen LogP contribution in [0.25, 0.3) is 0 Å². The van der Waals surface area contributed by atoms with Crippen molar-refractivity contribution in [1.82, 2.24) is 5.43 Å². The maximum atomic E-state index is 13.4. The van der Waals surface area contributed by atoms with Crippen LogP contribution in [-0.2, 0) is 6.42 Å². The highest BCUT2D eigenvalue weighted by Gasteiger charge is 2.08. The Labute approximate surface area is 91.8 Å². The van der Waals surface area contributed by atoms with E-state index in [4.69, 9.17) is 5.84 Å². The number of hydrogen-bond acceptors (Lipinski definition) is 2. The quantitative estimate of drug-likeness (QED) is 0.645. The van der Waals surface area contributed by atoms with Crippen LogP contribution in [0.2, 0.25) is 0 Å². The molecule has 1 aromatic rings. The molecule has 0 spiro atoms. The fourth-order valence-corrected chi connectivity index (χ4v) is 1.61. The molecule has 0 fully saturated rings. The second kappa shape index (κ2) is 5.44. The van der Waals surface area contributed by atoms with Gasteiger partial charge in [0.2, 0.25) is 0 Å². The molecular formula is C10H14BrFN2. The van der Waals surface area contributed by atoms with Gasteiger partial charge in [-0.2, -0.15) is 0 Å². The Balaban J connectivity index is 2.76. The highest BCUT2D eigenvalue weighted by Crippen LogP contribution is 2.16. The molecule has 0 aromatic heterocycles. The zero-order valence-electron chi connectivity index (χ0n) is 8.06. The van der Waals surface area contributed by atoms with Crippen molar-refractivity contribution in [1.29, 1.82) is 0 Å². The van der Waals surface area contributed by atoms with Gasteiger partial charge in [-0.25, -0.2) is 4.39 Å². The summed E-state index contributed by atoms with van der Waals surface area (Å²) in [5, 5.41) is 0. The summed E-state index contributed by atoms with van der Waals surface area (Å²) in [7, 11) is 0. The molecule has 0 saturated carbocycles. The molecule has 0 radical (unpaired) electrons. The molecule has 1 atom stereocenters. The van der Waals surface area contributed by atoms with Crippen LogP contribution in [0.1, 0.15) is 18.9 Å². The first-order chi connectivity index (χ1) is 6.67. The van der Waals surface area contributed by atoms with Crippen LogP contribution >= 0.6 is 15.9 Å². The van der Waals surface area contributed by atoms with Crippen molar-refractivity contribution >= 4 is 15.9 Å². The second-order valence-corrected chi connectivity index (χ2v) is 4.13. The first-order valence-electron chi connectivity index (χ1n) is 4.57. The van der Waals surface area contributed by atoms with E-state index in [0.29, 0.717) is 12.0 Å². The van der Waals surface area contributed by atoms with Gasteiger partial charge in [-0.3, -0.25) is 11.3 Å². The Morgan fingerprint density at radius 3 is 2.79 bits per heavy atom. The highest BCUT2D eigenvalue weighted by molar-refractivity contribution is 9.10. The van der Waals surface area contributed by atoms with E-state index >= 15 is 0 Å². The average Bonchev–Trinajstić information content (AvgIpc) is 2.17. The molecule has 3 N–H and O–H groups in total. The van der Waals surface area contributed by atoms with Crippen molar-refractivity contribution < 1.29 is 4.39 Å². The van der Waals surface area contributed by atoms with Crippen LogP contribution in [0.3, 0.4) is 0 Å². The summed E-state index contributed by atoms with van der Waals surface area (Å²) >= 11 is 3.22. The lowest BCUT2D eigenvalue weighted by Crippen LogP contribution is -2.36. The third-order valence-corrected chi connectivity index (χ3v) is 2.70. The monoisotopic (exact) mass is 260 g/mol. The van der Waals surface area contributed by atoms with E-state index in [1.165, 1.54) is 6.07 Å². The lowest BCUT2D eigenvalue weighted by Gasteiger charge is -2.13. The van der Waals surface area contributed by atoms with Gasteiger partial charge in [0, 0.05) is 10.5 Å². The molecule has 1 aromatic carbocycles. The van der Waals surface area contributed by atoms with E-state index in [2.05, 4.69) is 21.4 Å². The third-order valence-electron chi connectivity index (χ3n) is 2.21. The summed E-state index contributed by atoms with van der Waals surface area (Å²) in [6, 6.07) is 5.21. The SMILES string of the molecule is CCC(Cc1ccc(Br)cc1F)NN. The Morgan fingerprint density at radius 1 is 1.57 bits per heavy atom. The molecule has 14 heavy (non-hydrogen) atoms. The van der Waals surface area contributed by atoms with Crippen molar-refractivity contribution in [3.8, 4) is 0 Å². The first kappa shape index (κ1) is 11.6. The molecule has 1 rings (SSSR count). The summed E-state index contributed by atoms with van der Waals surface area (Å²) in [5.41, 5.74) is 3.36. The Bertz CT molecular complexity index is 300. The number of hydrogen-bond donors (Lipinski definition) is 2. The van der Waals surface area contributed by atoms with Crippen LogP contribution < -0.4 is 11.3 Å². The maximum Gasteiger partial charge on any atom is 0.127 e. The van der Waals surface area contributed by atoms with Gasteiger partial charge in [-0.1, -0.05) is 28.9 Å². The molecule has 1 unspecified atom stereocenters. The van der Waals surface area contributed by atoms with Crippen LogP contribution in [-0.4, -0.2) is 6.04 Å². The van der Waals surface area contributed by atoms with Gasteiger partial charge in [-0.05, 0) is 30.5 Å². The Hall–Kier alpha value is -0.450. The van der Waals surface area contributed by atoms with Gasteiger partial charge in [-0.15, -0.1) is 0 Å². The van der Waals surface area contributed by atoms with Crippen molar-refractivity contribution in [2.24, 2.45) is 5.84 Å². The molecule has 78 valence electrons. The molecule has 0 heterocycles. The van der Waals surface area contributed by atoms with Crippen LogP contribution in [0.15, 0.2) is 22.7 Å². The topological polar surface area (TPSA) is 38.0 Å². The summed E-state index contributed by atoms with van der Waals surface area (Å²) < 4.78 is 14.1. The van der Waals surface area contributed by atoms with Crippen LogP contribution in [0.4, 0.5) is 4.39 Å². The van der Waals surface area contributed by atoms with E-state index in [1.807, 2.05) is 13.0 Å². The molecule has 0 bridgehead atoms. The molecule has 0 amide bonds. The minimum atomic E-state index is -0.187. The smallest absolute Gasteiger partial charge is 0.127 e. The van der Waals surface area contributed by atoms with Gasteiger partial charge in [0.15, 0.2) is 0 Å². The number of rotatable bonds is 4. The van der Waals surface area contributed by atoms with E-state index in [9.17, 15) is 4.39 Å². The lowest BCUT2D eigenvalue weighted by atomic mass is 10.0. The fourth-order valence-electron chi connectivity index (χ4n) is 1.27. The summed E-state index contributed by atoms with van der Waals surface area (Å²) in [4.78, 5) is 0. The van der Waals surface area contributed by atoms with E-state index in [0.717, 1.165) is 10.9 Å². The first-order valence-corrected chi connectivity index (χ1v) is 5.36. The molecule has 2 nitrogen and oxygen atoms in total. The van der Waals surface area contributed by atoms with Gasteiger partial charge < -0.3 is 0 Å². The van der Waals surface area contributed by atoms with Crippen molar-refractivity contribution in [2.75, 3.05) is 0 Å². The summed E-state index contributed by atoms with van der Waals surface area (Å²) in [5.74, 6) is 5.14. The number of nitrogens with two attached hydrogens (primary N) is 1. The van der Waals surface area contributed by atoms with Crippen LogP contribution in [0, 0.1) is 5.82 Å². The second-order valence-electron chi connectivity index (χ2n) is 3.21. The Morgan fingerprint density at radius 2 is 2.29 bits per heavy atom. The minimum Gasteiger partial charge on any atom is -0.271 e. The van der Waals surface area contributed by atoms with Gasteiger partial charge in [0.1, 0.15) is 5.82 Å². The zero-order chi connectivity index (χ0) is 10.6. The molecule has 0 aliphatic heterocycles. The third kappa shape index (κ3) is 3.04. The number of halogens is 2. The predicted octanol–water partition coefficient (Wildman–Crippen LogP) is 2.37. The van der Waals surface area contributed by atoms with Gasteiger partial charge >= 0.3 is 0 Å². The molecule has 0 aliphatic carbocycles. The van der Waals surface area contributed by atoms with Crippen molar-refractivity contribution in [3.63, 3.8) is 0 Å². The summed E-state index contributed by atoms with van der Waals surface area (Å²) in [6.45, 7) is 2.02. The van der Waals surface area contributed by atoms with Crippen molar-refractivity contribution in [3.05, 3.63) is 34.1 Å². The van der Waals surface area contributed by atoms with Gasteiger partial charge in [0.25, 0.3) is 0 Å². The minimum absolute atomic E-state index is 0.130. The molecule has 4 heteroatoms. The fraction of sp³-hybridized carbons (Fsp3) is 0.400. The van der Waals surface area contributed by atoms with Crippen LogP contribution in [0.5, 0.6) is 0 Å². The largest absolute Gasteiger partial charge is 0.271 e. The number of hydrazine groups is 1. The van der Waals surface area contributed by atoms with Gasteiger partial charge in [0.05, 0.1) is 0 Å². The predicted molar refractivity (Wildman–Crippen MR) is 59.2 cm³/mol. The molecule has 0 aliphatic rings. The Kier molecular flexibility index (Phi) is 4.51. The maximum absolute atomic E-state index is 13.4. The highest BCUT2D eigenvalue weighted by atomic mass is 79.9.